The second-order valence-electron chi connectivity index (χ2n) is 7.12. The van der Waals surface area contributed by atoms with Gasteiger partial charge in [-0.25, -0.2) is 4.79 Å². The minimum absolute atomic E-state index is 0.0729. The van der Waals surface area contributed by atoms with E-state index in [0.717, 1.165) is 19.3 Å². The predicted octanol–water partition coefficient (Wildman–Crippen LogP) is 3.71. The predicted molar refractivity (Wildman–Crippen MR) is 96.6 cm³/mol. The molecule has 0 bridgehead atoms. The summed E-state index contributed by atoms with van der Waals surface area (Å²) in [5, 5.41) is 3.02. The molecular formula is C20H29NO4. The first kappa shape index (κ1) is 19.3. The van der Waals surface area contributed by atoms with Gasteiger partial charge in [0.05, 0.1) is 11.7 Å². The smallest absolute Gasteiger partial charge is 0.338 e. The van der Waals surface area contributed by atoms with E-state index >= 15 is 0 Å². The number of rotatable bonds is 6. The minimum atomic E-state index is -0.812. The van der Waals surface area contributed by atoms with Crippen LogP contribution in [0.2, 0.25) is 0 Å². The molecule has 5 nitrogen and oxygen atoms in total. The SMILES string of the molecule is CC(C)Oc1ccc(C(=O)O[C@@H](C)C(=O)N[C@@H]2CCCC[C@@H]2C)cc1. The first-order chi connectivity index (χ1) is 11.9. The van der Waals surface area contributed by atoms with E-state index in [1.165, 1.54) is 6.42 Å². The molecule has 5 heteroatoms. The summed E-state index contributed by atoms with van der Waals surface area (Å²) in [6, 6.07) is 6.92. The first-order valence-electron chi connectivity index (χ1n) is 9.15. The average Bonchev–Trinajstić information content (AvgIpc) is 2.56. The van der Waals surface area contributed by atoms with E-state index in [4.69, 9.17) is 9.47 Å². The summed E-state index contributed by atoms with van der Waals surface area (Å²) in [5.74, 6) is 0.431. The Morgan fingerprint density at radius 1 is 1.08 bits per heavy atom. The van der Waals surface area contributed by atoms with Gasteiger partial charge in [-0.15, -0.1) is 0 Å². The van der Waals surface area contributed by atoms with Gasteiger partial charge in [-0.2, -0.15) is 0 Å². The summed E-state index contributed by atoms with van der Waals surface area (Å²) in [6.45, 7) is 7.64. The van der Waals surface area contributed by atoms with E-state index in [-0.39, 0.29) is 18.1 Å². The molecule has 2 rings (SSSR count). The Balaban J connectivity index is 1.87. The van der Waals surface area contributed by atoms with Crippen molar-refractivity contribution < 1.29 is 19.1 Å². The Kier molecular flexibility index (Phi) is 6.85. The third kappa shape index (κ3) is 5.76. The van der Waals surface area contributed by atoms with E-state index in [1.807, 2.05) is 13.8 Å². The number of hydrogen-bond acceptors (Lipinski definition) is 4. The summed E-state index contributed by atoms with van der Waals surface area (Å²) in [5.41, 5.74) is 0.404. The highest BCUT2D eigenvalue weighted by Crippen LogP contribution is 2.24. The van der Waals surface area contributed by atoms with Crippen LogP contribution in [-0.2, 0) is 9.53 Å². The lowest BCUT2D eigenvalue weighted by Gasteiger charge is -2.30. The van der Waals surface area contributed by atoms with Crippen molar-refractivity contribution in [2.24, 2.45) is 5.92 Å². The maximum absolute atomic E-state index is 12.3. The van der Waals surface area contributed by atoms with E-state index in [9.17, 15) is 9.59 Å². The molecule has 0 heterocycles. The zero-order chi connectivity index (χ0) is 18.4. The van der Waals surface area contributed by atoms with Gasteiger partial charge in [0.15, 0.2) is 6.10 Å². The quantitative estimate of drug-likeness (QED) is 0.797. The van der Waals surface area contributed by atoms with Gasteiger partial charge in [-0.05, 0) is 63.8 Å². The van der Waals surface area contributed by atoms with Crippen LogP contribution < -0.4 is 10.1 Å². The van der Waals surface area contributed by atoms with Crippen LogP contribution in [0.1, 0.15) is 63.7 Å². The Bertz CT molecular complexity index is 582. The molecule has 0 unspecified atom stereocenters. The van der Waals surface area contributed by atoms with Crippen molar-refractivity contribution in [2.75, 3.05) is 0 Å². The van der Waals surface area contributed by atoms with E-state index in [0.29, 0.717) is 17.2 Å². The number of carbonyl (C=O) groups is 2. The van der Waals surface area contributed by atoms with Crippen molar-refractivity contribution in [2.45, 2.75) is 71.6 Å². The number of esters is 1. The lowest BCUT2D eigenvalue weighted by atomic mass is 9.86. The molecule has 0 saturated heterocycles. The first-order valence-corrected chi connectivity index (χ1v) is 9.15. The molecule has 1 amide bonds. The summed E-state index contributed by atoms with van der Waals surface area (Å²) >= 11 is 0. The maximum Gasteiger partial charge on any atom is 0.338 e. The van der Waals surface area contributed by atoms with Gasteiger partial charge in [0.1, 0.15) is 5.75 Å². The summed E-state index contributed by atoms with van der Waals surface area (Å²) in [6.07, 6.45) is 3.73. The van der Waals surface area contributed by atoms with Crippen molar-refractivity contribution in [3.05, 3.63) is 29.8 Å². The third-order valence-corrected chi connectivity index (χ3v) is 4.55. The Labute approximate surface area is 150 Å². The fraction of sp³-hybridized carbons (Fsp3) is 0.600. The highest BCUT2D eigenvalue weighted by atomic mass is 16.5. The van der Waals surface area contributed by atoms with Gasteiger partial charge < -0.3 is 14.8 Å². The zero-order valence-electron chi connectivity index (χ0n) is 15.6. The monoisotopic (exact) mass is 347 g/mol. The molecule has 0 aromatic heterocycles. The van der Waals surface area contributed by atoms with Gasteiger partial charge in [0.2, 0.25) is 0 Å². The number of nitrogens with one attached hydrogen (secondary N) is 1. The molecule has 1 aliphatic rings. The topological polar surface area (TPSA) is 64.6 Å². The van der Waals surface area contributed by atoms with Crippen molar-refractivity contribution in [3.63, 3.8) is 0 Å². The van der Waals surface area contributed by atoms with Crippen LogP contribution in [0.4, 0.5) is 0 Å². The van der Waals surface area contributed by atoms with Crippen LogP contribution in [-0.4, -0.2) is 30.1 Å². The Hall–Kier alpha value is -2.04. The molecule has 1 aliphatic carbocycles. The van der Waals surface area contributed by atoms with Crippen LogP contribution in [0.25, 0.3) is 0 Å². The number of carbonyl (C=O) groups excluding carboxylic acids is 2. The van der Waals surface area contributed by atoms with Gasteiger partial charge in [-0.1, -0.05) is 19.8 Å². The van der Waals surface area contributed by atoms with E-state index < -0.39 is 12.1 Å². The molecule has 3 atom stereocenters. The molecule has 0 aliphatic heterocycles. The molecule has 138 valence electrons. The Morgan fingerprint density at radius 2 is 1.72 bits per heavy atom. The normalized spacial score (nSPS) is 21.5. The van der Waals surface area contributed by atoms with Crippen molar-refractivity contribution >= 4 is 11.9 Å². The van der Waals surface area contributed by atoms with E-state index in [2.05, 4.69) is 12.2 Å². The molecule has 1 saturated carbocycles. The molecular weight excluding hydrogens is 318 g/mol. The second-order valence-corrected chi connectivity index (χ2v) is 7.12. The average molecular weight is 347 g/mol. The second kappa shape index (κ2) is 8.88. The Morgan fingerprint density at radius 3 is 2.32 bits per heavy atom. The van der Waals surface area contributed by atoms with Gasteiger partial charge in [0.25, 0.3) is 5.91 Å². The third-order valence-electron chi connectivity index (χ3n) is 4.55. The van der Waals surface area contributed by atoms with Crippen LogP contribution in [0.5, 0.6) is 5.75 Å². The largest absolute Gasteiger partial charge is 0.491 e. The number of ether oxygens (including phenoxy) is 2. The standard InChI is InChI=1S/C20H29NO4/c1-13(2)24-17-11-9-16(10-12-17)20(23)25-15(4)19(22)21-18-8-6-5-7-14(18)3/h9-15,18H,5-8H2,1-4H3,(H,21,22)/t14-,15-,18+/m0/s1. The number of hydrogen-bond donors (Lipinski definition) is 1. The lowest BCUT2D eigenvalue weighted by molar-refractivity contribution is -0.130. The van der Waals surface area contributed by atoms with Crippen molar-refractivity contribution in [3.8, 4) is 5.75 Å². The summed E-state index contributed by atoms with van der Waals surface area (Å²) < 4.78 is 10.9. The van der Waals surface area contributed by atoms with Crippen molar-refractivity contribution in [1.29, 1.82) is 0 Å². The molecule has 1 aromatic rings. The molecule has 25 heavy (non-hydrogen) atoms. The summed E-state index contributed by atoms with van der Waals surface area (Å²) in [7, 11) is 0. The van der Waals surface area contributed by atoms with Crippen molar-refractivity contribution in [1.82, 2.24) is 5.32 Å². The fourth-order valence-corrected chi connectivity index (χ4v) is 3.05. The van der Waals surface area contributed by atoms with Crippen LogP contribution in [0, 0.1) is 5.92 Å². The van der Waals surface area contributed by atoms with Gasteiger partial charge >= 0.3 is 5.97 Å². The highest BCUT2D eigenvalue weighted by molar-refractivity contribution is 5.92. The van der Waals surface area contributed by atoms with Gasteiger partial charge in [-0.3, -0.25) is 4.79 Å². The van der Waals surface area contributed by atoms with E-state index in [1.54, 1.807) is 31.2 Å². The fourth-order valence-electron chi connectivity index (χ4n) is 3.05. The minimum Gasteiger partial charge on any atom is -0.491 e. The van der Waals surface area contributed by atoms with Crippen LogP contribution >= 0.6 is 0 Å². The molecule has 1 fully saturated rings. The zero-order valence-corrected chi connectivity index (χ0v) is 15.6. The van der Waals surface area contributed by atoms with Crippen LogP contribution in [0.3, 0.4) is 0 Å². The number of benzene rings is 1. The molecule has 1 aromatic carbocycles. The summed E-state index contributed by atoms with van der Waals surface area (Å²) in [4.78, 5) is 24.5. The number of amides is 1. The highest BCUT2D eigenvalue weighted by Gasteiger charge is 2.26. The lowest BCUT2D eigenvalue weighted by Crippen LogP contribution is -2.45. The molecule has 0 radical (unpaired) electrons. The van der Waals surface area contributed by atoms with Crippen LogP contribution in [0.15, 0.2) is 24.3 Å². The van der Waals surface area contributed by atoms with Gasteiger partial charge in [0, 0.05) is 6.04 Å². The molecule has 1 N–H and O–H groups in total. The maximum atomic E-state index is 12.3. The molecule has 0 spiro atoms.